The van der Waals surface area contributed by atoms with E-state index in [0.29, 0.717) is 28.4 Å². The van der Waals surface area contributed by atoms with Crippen molar-refractivity contribution in [2.24, 2.45) is 10.7 Å². The summed E-state index contributed by atoms with van der Waals surface area (Å²) in [5.41, 5.74) is 7.53. The average Bonchev–Trinajstić information content (AvgIpc) is 3.12. The first-order chi connectivity index (χ1) is 14.0. The quantitative estimate of drug-likeness (QED) is 0.656. The topological polar surface area (TPSA) is 66.1 Å². The Morgan fingerprint density at radius 1 is 1.10 bits per heavy atom. The Bertz CT molecular complexity index is 1180. The van der Waals surface area contributed by atoms with Crippen LogP contribution in [0.25, 0.3) is 11.1 Å². The van der Waals surface area contributed by atoms with Crippen LogP contribution in [0.5, 0.6) is 17.2 Å². The van der Waals surface area contributed by atoms with Gasteiger partial charge in [0.1, 0.15) is 29.7 Å². The number of amidine groups is 1. The van der Waals surface area contributed by atoms with Crippen LogP contribution in [-0.4, -0.2) is 19.7 Å². The SMILES string of the molecule is COc1ccc2c(c1)C1(COC(N)=N1)c1cc(-c3cccc(Cl)c3F)ccc1O2. The number of hydrogen-bond donors (Lipinski definition) is 1. The van der Waals surface area contributed by atoms with Crippen molar-refractivity contribution in [2.45, 2.75) is 5.54 Å². The number of fused-ring (bicyclic) bond motifs is 4. The van der Waals surface area contributed by atoms with E-state index in [1.165, 1.54) is 6.07 Å². The molecule has 1 atom stereocenters. The highest BCUT2D eigenvalue weighted by Crippen LogP contribution is 2.52. The molecule has 3 aromatic carbocycles. The van der Waals surface area contributed by atoms with Crippen molar-refractivity contribution in [1.82, 2.24) is 0 Å². The maximum Gasteiger partial charge on any atom is 0.283 e. The van der Waals surface area contributed by atoms with E-state index in [4.69, 9.17) is 31.5 Å². The number of aliphatic imine (C=N–C) groups is 1. The lowest BCUT2D eigenvalue weighted by atomic mass is 9.80. The zero-order valence-corrected chi connectivity index (χ0v) is 16.2. The summed E-state index contributed by atoms with van der Waals surface area (Å²) in [6.07, 6.45) is 0. The van der Waals surface area contributed by atoms with Gasteiger partial charge in [-0.15, -0.1) is 0 Å². The number of rotatable bonds is 2. The fourth-order valence-electron chi connectivity index (χ4n) is 3.86. The van der Waals surface area contributed by atoms with Gasteiger partial charge in [0.2, 0.25) is 0 Å². The van der Waals surface area contributed by atoms with Gasteiger partial charge in [-0.2, -0.15) is 0 Å². The van der Waals surface area contributed by atoms with E-state index in [1.54, 1.807) is 31.4 Å². The van der Waals surface area contributed by atoms with E-state index >= 15 is 0 Å². The zero-order chi connectivity index (χ0) is 20.2. The minimum absolute atomic E-state index is 0.0627. The van der Waals surface area contributed by atoms with Crippen LogP contribution in [0.3, 0.4) is 0 Å². The van der Waals surface area contributed by atoms with E-state index < -0.39 is 11.4 Å². The smallest absolute Gasteiger partial charge is 0.283 e. The highest BCUT2D eigenvalue weighted by Gasteiger charge is 2.47. The summed E-state index contributed by atoms with van der Waals surface area (Å²) in [6, 6.07) is 15.9. The fourth-order valence-corrected chi connectivity index (χ4v) is 4.03. The van der Waals surface area contributed by atoms with Crippen molar-refractivity contribution in [3.8, 4) is 28.4 Å². The van der Waals surface area contributed by atoms with Crippen LogP contribution in [-0.2, 0) is 10.3 Å². The van der Waals surface area contributed by atoms with Crippen molar-refractivity contribution in [3.63, 3.8) is 0 Å². The predicted octanol–water partition coefficient (Wildman–Crippen LogP) is 4.85. The Morgan fingerprint density at radius 2 is 1.86 bits per heavy atom. The predicted molar refractivity (Wildman–Crippen MR) is 108 cm³/mol. The number of halogens is 2. The Labute approximate surface area is 171 Å². The number of nitrogens with zero attached hydrogens (tertiary/aromatic N) is 1. The number of hydrogen-bond acceptors (Lipinski definition) is 5. The first-order valence-electron chi connectivity index (χ1n) is 8.95. The molecule has 5 nitrogen and oxygen atoms in total. The van der Waals surface area contributed by atoms with Gasteiger partial charge in [-0.3, -0.25) is 0 Å². The molecule has 0 aliphatic carbocycles. The van der Waals surface area contributed by atoms with Crippen molar-refractivity contribution >= 4 is 17.6 Å². The lowest BCUT2D eigenvalue weighted by molar-refractivity contribution is 0.264. The summed E-state index contributed by atoms with van der Waals surface area (Å²) >= 11 is 5.98. The highest BCUT2D eigenvalue weighted by atomic mass is 35.5. The summed E-state index contributed by atoms with van der Waals surface area (Å²) in [4.78, 5) is 4.63. The van der Waals surface area contributed by atoms with Gasteiger partial charge in [0.05, 0.1) is 12.1 Å². The Balaban J connectivity index is 1.75. The first kappa shape index (κ1) is 17.8. The van der Waals surface area contributed by atoms with Crippen LogP contribution in [0.2, 0.25) is 5.02 Å². The lowest BCUT2D eigenvalue weighted by Crippen LogP contribution is -2.31. The van der Waals surface area contributed by atoms with Gasteiger partial charge >= 0.3 is 0 Å². The van der Waals surface area contributed by atoms with Crippen molar-refractivity contribution < 1.29 is 18.6 Å². The van der Waals surface area contributed by atoms with Crippen LogP contribution in [0.4, 0.5) is 4.39 Å². The third-order valence-corrected chi connectivity index (χ3v) is 5.56. The standard InChI is InChI=1S/C22H16ClFN2O3/c1-27-13-6-8-19-16(10-13)22(11-28-21(25)26-22)15-9-12(5-7-18(15)29-19)14-3-2-4-17(23)20(14)24/h2-10H,11H2,1H3,(H2,25,26). The molecular formula is C22H16ClFN2O3. The molecular weight excluding hydrogens is 395 g/mol. The molecule has 0 saturated heterocycles. The van der Waals surface area contributed by atoms with Crippen LogP contribution in [0.15, 0.2) is 59.6 Å². The van der Waals surface area contributed by atoms with Gasteiger partial charge in [-0.1, -0.05) is 29.8 Å². The Hall–Kier alpha value is -3.25. The molecule has 2 heterocycles. The van der Waals surface area contributed by atoms with Crippen LogP contribution in [0.1, 0.15) is 11.1 Å². The van der Waals surface area contributed by atoms with E-state index in [2.05, 4.69) is 4.99 Å². The molecule has 0 radical (unpaired) electrons. The van der Waals surface area contributed by atoms with E-state index in [9.17, 15) is 4.39 Å². The highest BCUT2D eigenvalue weighted by molar-refractivity contribution is 6.31. The molecule has 2 aliphatic heterocycles. The molecule has 1 spiro atoms. The Morgan fingerprint density at radius 3 is 2.59 bits per heavy atom. The van der Waals surface area contributed by atoms with Gasteiger partial charge in [-0.25, -0.2) is 9.38 Å². The molecule has 5 rings (SSSR count). The summed E-state index contributed by atoms with van der Waals surface area (Å²) in [5.74, 6) is 1.43. The van der Waals surface area contributed by atoms with Crippen LogP contribution < -0.4 is 15.2 Å². The minimum Gasteiger partial charge on any atom is -0.497 e. The van der Waals surface area contributed by atoms with E-state index in [1.807, 2.05) is 24.3 Å². The third kappa shape index (κ3) is 2.63. The lowest BCUT2D eigenvalue weighted by Gasteiger charge is -2.34. The summed E-state index contributed by atoms with van der Waals surface area (Å²) in [6.45, 7) is 0.205. The number of ether oxygens (including phenoxy) is 3. The molecule has 0 amide bonds. The molecule has 7 heteroatoms. The molecule has 2 N–H and O–H groups in total. The molecule has 29 heavy (non-hydrogen) atoms. The largest absolute Gasteiger partial charge is 0.497 e. The molecule has 0 bridgehead atoms. The summed E-state index contributed by atoms with van der Waals surface area (Å²) < 4.78 is 31.7. The second kappa shape index (κ2) is 6.39. The average molecular weight is 411 g/mol. The molecule has 0 fully saturated rings. The van der Waals surface area contributed by atoms with Gasteiger partial charge in [-0.05, 0) is 42.0 Å². The van der Waals surface area contributed by atoms with Crippen molar-refractivity contribution in [2.75, 3.05) is 13.7 Å². The van der Waals surface area contributed by atoms with Gasteiger partial charge in [0.25, 0.3) is 6.02 Å². The van der Waals surface area contributed by atoms with Gasteiger partial charge in [0.15, 0.2) is 5.54 Å². The summed E-state index contributed by atoms with van der Waals surface area (Å²) in [7, 11) is 1.59. The monoisotopic (exact) mass is 410 g/mol. The number of nitrogens with two attached hydrogens (primary N) is 1. The first-order valence-corrected chi connectivity index (χ1v) is 9.33. The van der Waals surface area contributed by atoms with Crippen molar-refractivity contribution in [1.29, 1.82) is 0 Å². The normalized spacial score (nSPS) is 19.1. The molecule has 146 valence electrons. The van der Waals surface area contributed by atoms with Crippen molar-refractivity contribution in [3.05, 3.63) is 76.6 Å². The zero-order valence-electron chi connectivity index (χ0n) is 15.4. The number of methoxy groups -OCH3 is 1. The van der Waals surface area contributed by atoms with Crippen LogP contribution >= 0.6 is 11.6 Å². The van der Waals surface area contributed by atoms with Gasteiger partial charge < -0.3 is 19.9 Å². The summed E-state index contributed by atoms with van der Waals surface area (Å²) in [5, 5.41) is 0.0627. The number of benzene rings is 3. The molecule has 0 aromatic heterocycles. The Kier molecular flexibility index (Phi) is 3.93. The second-order valence-corrected chi connectivity index (χ2v) is 7.28. The maximum atomic E-state index is 14.6. The molecule has 3 aromatic rings. The maximum absolute atomic E-state index is 14.6. The van der Waals surface area contributed by atoms with Crippen LogP contribution in [0, 0.1) is 5.82 Å². The second-order valence-electron chi connectivity index (χ2n) is 6.88. The third-order valence-electron chi connectivity index (χ3n) is 5.27. The molecule has 2 aliphatic rings. The van der Waals surface area contributed by atoms with E-state index in [0.717, 1.165) is 11.1 Å². The molecule has 1 unspecified atom stereocenters. The van der Waals surface area contributed by atoms with Gasteiger partial charge in [0, 0.05) is 16.7 Å². The minimum atomic E-state index is -0.910. The van der Waals surface area contributed by atoms with E-state index in [-0.39, 0.29) is 17.7 Å². The fraction of sp³-hybridized carbons (Fsp3) is 0.136. The molecule has 0 saturated carbocycles.